The summed E-state index contributed by atoms with van der Waals surface area (Å²) >= 11 is 0. The zero-order valence-corrected chi connectivity index (χ0v) is 7.71. The summed E-state index contributed by atoms with van der Waals surface area (Å²) in [4.78, 5) is 2.17. The number of likely N-dealkylation sites (N-methyl/N-ethyl adjacent to an activating group) is 1. The van der Waals surface area contributed by atoms with Crippen LogP contribution in [-0.4, -0.2) is 35.7 Å². The number of terminal acetylenes is 1. The highest BCUT2D eigenvalue weighted by molar-refractivity contribution is 4.92. The number of likely N-dealkylation sites (tertiary alicyclic amines) is 1. The fourth-order valence-corrected chi connectivity index (χ4v) is 1.85. The lowest BCUT2D eigenvalue weighted by Crippen LogP contribution is -2.46. The first kappa shape index (κ1) is 9.57. The van der Waals surface area contributed by atoms with Crippen molar-refractivity contribution in [3.05, 3.63) is 0 Å². The van der Waals surface area contributed by atoms with E-state index in [1.54, 1.807) is 0 Å². The molecule has 0 bridgehead atoms. The lowest BCUT2D eigenvalue weighted by Gasteiger charge is -2.37. The van der Waals surface area contributed by atoms with Gasteiger partial charge in [0.05, 0.1) is 5.60 Å². The molecule has 1 N–H and O–H groups in total. The van der Waals surface area contributed by atoms with Crippen LogP contribution < -0.4 is 0 Å². The minimum atomic E-state index is -0.515. The van der Waals surface area contributed by atoms with Gasteiger partial charge in [-0.1, -0.05) is 0 Å². The lowest BCUT2D eigenvalue weighted by atomic mass is 9.89. The SMILES string of the molecule is C#CCCC1(O)CCCN(C)C1. The van der Waals surface area contributed by atoms with E-state index in [4.69, 9.17) is 6.42 Å². The molecule has 0 radical (unpaired) electrons. The molecule has 1 unspecified atom stereocenters. The van der Waals surface area contributed by atoms with Gasteiger partial charge in [-0.25, -0.2) is 0 Å². The van der Waals surface area contributed by atoms with Gasteiger partial charge in [-0.3, -0.25) is 0 Å². The summed E-state index contributed by atoms with van der Waals surface area (Å²) in [6, 6.07) is 0. The Balaban J connectivity index is 2.41. The molecule has 0 spiro atoms. The van der Waals surface area contributed by atoms with E-state index in [1.165, 1.54) is 0 Å². The Hall–Kier alpha value is -0.520. The zero-order valence-electron chi connectivity index (χ0n) is 7.71. The number of hydrogen-bond acceptors (Lipinski definition) is 2. The molecular formula is C10H17NO. The van der Waals surface area contributed by atoms with E-state index in [0.717, 1.165) is 32.4 Å². The van der Waals surface area contributed by atoms with Gasteiger partial charge in [-0.05, 0) is 32.9 Å². The monoisotopic (exact) mass is 167 g/mol. The Morgan fingerprint density at radius 2 is 2.42 bits per heavy atom. The molecule has 12 heavy (non-hydrogen) atoms. The predicted molar refractivity (Wildman–Crippen MR) is 49.7 cm³/mol. The Labute approximate surface area is 74.6 Å². The van der Waals surface area contributed by atoms with Gasteiger partial charge >= 0.3 is 0 Å². The van der Waals surface area contributed by atoms with Crippen molar-refractivity contribution in [2.45, 2.75) is 31.3 Å². The van der Waals surface area contributed by atoms with Crippen LogP contribution in [0, 0.1) is 12.3 Å². The summed E-state index contributed by atoms with van der Waals surface area (Å²) in [7, 11) is 2.04. The van der Waals surface area contributed by atoms with Gasteiger partial charge in [0, 0.05) is 13.0 Å². The molecule has 1 aliphatic rings. The summed E-state index contributed by atoms with van der Waals surface area (Å²) in [6.07, 6.45) is 8.58. The fraction of sp³-hybridized carbons (Fsp3) is 0.800. The molecule has 0 aliphatic carbocycles. The number of hydrogen-bond donors (Lipinski definition) is 1. The normalized spacial score (nSPS) is 31.4. The van der Waals surface area contributed by atoms with Crippen LogP contribution in [0.4, 0.5) is 0 Å². The van der Waals surface area contributed by atoms with Crippen LogP contribution in [-0.2, 0) is 0 Å². The summed E-state index contributed by atoms with van der Waals surface area (Å²) in [5, 5.41) is 10.0. The molecule has 68 valence electrons. The van der Waals surface area contributed by atoms with Crippen molar-refractivity contribution >= 4 is 0 Å². The van der Waals surface area contributed by atoms with E-state index in [0.29, 0.717) is 6.42 Å². The smallest absolute Gasteiger partial charge is 0.0783 e. The van der Waals surface area contributed by atoms with Crippen molar-refractivity contribution in [2.24, 2.45) is 0 Å². The van der Waals surface area contributed by atoms with E-state index in [9.17, 15) is 5.11 Å². The van der Waals surface area contributed by atoms with E-state index >= 15 is 0 Å². The average molecular weight is 167 g/mol. The number of nitrogens with zero attached hydrogens (tertiary/aromatic N) is 1. The van der Waals surface area contributed by atoms with Crippen LogP contribution >= 0.6 is 0 Å². The van der Waals surface area contributed by atoms with Gasteiger partial charge in [0.25, 0.3) is 0 Å². The standard InChI is InChI=1S/C10H17NO/c1-3-4-6-10(12)7-5-8-11(2)9-10/h1,12H,4-9H2,2H3. The van der Waals surface area contributed by atoms with Gasteiger partial charge in [-0.15, -0.1) is 12.3 Å². The van der Waals surface area contributed by atoms with Crippen LogP contribution in [0.25, 0.3) is 0 Å². The molecule has 1 fully saturated rings. The van der Waals surface area contributed by atoms with Crippen molar-refractivity contribution in [3.63, 3.8) is 0 Å². The maximum absolute atomic E-state index is 10.0. The second kappa shape index (κ2) is 3.93. The third-order valence-electron chi connectivity index (χ3n) is 2.48. The van der Waals surface area contributed by atoms with Crippen molar-refractivity contribution in [2.75, 3.05) is 20.1 Å². The van der Waals surface area contributed by atoms with E-state index in [2.05, 4.69) is 10.8 Å². The van der Waals surface area contributed by atoms with Crippen molar-refractivity contribution < 1.29 is 5.11 Å². The van der Waals surface area contributed by atoms with Gasteiger partial charge in [-0.2, -0.15) is 0 Å². The number of aliphatic hydroxyl groups is 1. The first-order valence-electron chi connectivity index (χ1n) is 4.51. The lowest BCUT2D eigenvalue weighted by molar-refractivity contribution is -0.0282. The van der Waals surface area contributed by atoms with Crippen LogP contribution in [0.3, 0.4) is 0 Å². The van der Waals surface area contributed by atoms with Crippen LogP contribution in [0.2, 0.25) is 0 Å². The molecule has 1 saturated heterocycles. The molecule has 2 nitrogen and oxygen atoms in total. The average Bonchev–Trinajstić information content (AvgIpc) is 2.01. The molecule has 1 heterocycles. The molecule has 0 saturated carbocycles. The maximum atomic E-state index is 10.0. The zero-order chi connectivity index (χ0) is 9.03. The second-order valence-corrected chi connectivity index (χ2v) is 3.77. The Morgan fingerprint density at radius 1 is 1.67 bits per heavy atom. The molecule has 0 amide bonds. The van der Waals surface area contributed by atoms with E-state index in [-0.39, 0.29) is 0 Å². The minimum absolute atomic E-state index is 0.515. The quantitative estimate of drug-likeness (QED) is 0.616. The highest BCUT2D eigenvalue weighted by Gasteiger charge is 2.30. The Bertz CT molecular complexity index is 185. The molecule has 1 aliphatic heterocycles. The van der Waals surface area contributed by atoms with Gasteiger partial charge < -0.3 is 10.0 Å². The maximum Gasteiger partial charge on any atom is 0.0783 e. The van der Waals surface area contributed by atoms with Crippen LogP contribution in [0.15, 0.2) is 0 Å². The van der Waals surface area contributed by atoms with Crippen molar-refractivity contribution in [1.29, 1.82) is 0 Å². The topological polar surface area (TPSA) is 23.5 Å². The van der Waals surface area contributed by atoms with Crippen molar-refractivity contribution in [1.82, 2.24) is 4.90 Å². The van der Waals surface area contributed by atoms with Gasteiger partial charge in [0.15, 0.2) is 0 Å². The Morgan fingerprint density at radius 3 is 3.00 bits per heavy atom. The molecule has 0 aromatic heterocycles. The molecular weight excluding hydrogens is 150 g/mol. The number of rotatable bonds is 2. The second-order valence-electron chi connectivity index (χ2n) is 3.77. The first-order valence-corrected chi connectivity index (χ1v) is 4.51. The Kier molecular flexibility index (Phi) is 3.13. The van der Waals surface area contributed by atoms with E-state index < -0.39 is 5.60 Å². The summed E-state index contributed by atoms with van der Waals surface area (Å²) in [5.74, 6) is 2.58. The molecule has 0 aromatic rings. The summed E-state index contributed by atoms with van der Waals surface area (Å²) < 4.78 is 0. The highest BCUT2D eigenvalue weighted by atomic mass is 16.3. The number of piperidine rings is 1. The summed E-state index contributed by atoms with van der Waals surface area (Å²) in [5.41, 5.74) is -0.515. The molecule has 1 atom stereocenters. The summed E-state index contributed by atoms with van der Waals surface area (Å²) in [6.45, 7) is 1.87. The largest absolute Gasteiger partial charge is 0.389 e. The first-order chi connectivity index (χ1) is 5.66. The van der Waals surface area contributed by atoms with Crippen LogP contribution in [0.1, 0.15) is 25.7 Å². The molecule has 0 aromatic carbocycles. The number of β-amino-alcohol motifs (C(OH)–C–C–N with tert-alkyl or cyclic N) is 1. The third-order valence-corrected chi connectivity index (χ3v) is 2.48. The van der Waals surface area contributed by atoms with Gasteiger partial charge in [0.1, 0.15) is 0 Å². The van der Waals surface area contributed by atoms with E-state index in [1.807, 2.05) is 7.05 Å². The minimum Gasteiger partial charge on any atom is -0.389 e. The van der Waals surface area contributed by atoms with Crippen LogP contribution in [0.5, 0.6) is 0 Å². The highest BCUT2D eigenvalue weighted by Crippen LogP contribution is 2.24. The fourth-order valence-electron chi connectivity index (χ4n) is 1.85. The van der Waals surface area contributed by atoms with Gasteiger partial charge in [0.2, 0.25) is 0 Å². The molecule has 2 heteroatoms. The van der Waals surface area contributed by atoms with Crippen molar-refractivity contribution in [3.8, 4) is 12.3 Å². The third kappa shape index (κ3) is 2.51. The predicted octanol–water partition coefficient (Wildman–Crippen LogP) is 0.857. The molecule has 1 rings (SSSR count).